The summed E-state index contributed by atoms with van der Waals surface area (Å²) in [4.78, 5) is 13.1. The minimum atomic E-state index is -0.877. The van der Waals surface area contributed by atoms with Crippen LogP contribution in [0.1, 0.15) is 38.5 Å². The molecule has 0 aromatic carbocycles. The lowest BCUT2D eigenvalue weighted by atomic mass is 9.88. The van der Waals surface area contributed by atoms with Crippen LogP contribution in [0.3, 0.4) is 0 Å². The summed E-state index contributed by atoms with van der Waals surface area (Å²) in [5.41, 5.74) is 1.46. The summed E-state index contributed by atoms with van der Waals surface area (Å²) in [6, 6.07) is 3.91. The van der Waals surface area contributed by atoms with E-state index in [4.69, 9.17) is 9.47 Å². The van der Waals surface area contributed by atoms with E-state index in [2.05, 4.69) is 0 Å². The largest absolute Gasteiger partial charge is 0.426 e. The van der Waals surface area contributed by atoms with Gasteiger partial charge in [-0.1, -0.05) is 6.07 Å². The van der Waals surface area contributed by atoms with Crippen molar-refractivity contribution in [1.29, 1.82) is 0 Å². The van der Waals surface area contributed by atoms with Crippen molar-refractivity contribution in [3.8, 4) is 0 Å². The lowest BCUT2D eigenvalue weighted by molar-refractivity contribution is -0.246. The Morgan fingerprint density at radius 3 is 2.78 bits per heavy atom. The van der Waals surface area contributed by atoms with Crippen LogP contribution >= 0.6 is 11.3 Å². The summed E-state index contributed by atoms with van der Waals surface area (Å²) in [5, 5.41) is 1.97. The molecule has 1 aromatic rings. The summed E-state index contributed by atoms with van der Waals surface area (Å²) in [6.07, 6.45) is 1.76. The molecule has 0 amide bonds. The molecule has 1 fully saturated rings. The predicted octanol–water partition coefficient (Wildman–Crippen LogP) is 3.36. The number of hydrogen-bond acceptors (Lipinski definition) is 4. The van der Waals surface area contributed by atoms with Crippen LogP contribution in [-0.4, -0.2) is 17.4 Å². The zero-order chi connectivity index (χ0) is 13.0. The molecule has 1 atom stereocenters. The van der Waals surface area contributed by atoms with Crippen LogP contribution in [0.4, 0.5) is 0 Å². The van der Waals surface area contributed by atoms with Crippen molar-refractivity contribution in [2.45, 2.75) is 45.0 Å². The number of fused-ring (bicyclic) bond motifs is 1. The molecule has 0 unspecified atom stereocenters. The quantitative estimate of drug-likeness (QED) is 0.730. The molecule has 18 heavy (non-hydrogen) atoms. The van der Waals surface area contributed by atoms with Gasteiger partial charge in [0.1, 0.15) is 0 Å². The average Bonchev–Trinajstić information content (AvgIpc) is 2.80. The Morgan fingerprint density at radius 2 is 2.11 bits per heavy atom. The number of hydrogen-bond donors (Lipinski definition) is 0. The Balaban J connectivity index is 2.09. The Kier molecular flexibility index (Phi) is 2.44. The molecule has 2 aliphatic rings. The van der Waals surface area contributed by atoms with Crippen molar-refractivity contribution in [2.24, 2.45) is 0 Å². The van der Waals surface area contributed by atoms with Crippen molar-refractivity contribution < 1.29 is 14.3 Å². The summed E-state index contributed by atoms with van der Waals surface area (Å²) >= 11 is 1.56. The third-order valence-electron chi connectivity index (χ3n) is 3.56. The lowest BCUT2D eigenvalue weighted by Crippen LogP contribution is -2.45. The molecule has 0 aliphatic carbocycles. The Bertz CT molecular complexity index is 527. The highest BCUT2D eigenvalue weighted by Gasteiger charge is 2.51. The van der Waals surface area contributed by atoms with Gasteiger partial charge in [0.05, 0.1) is 11.2 Å². The number of rotatable bonds is 1. The van der Waals surface area contributed by atoms with Crippen molar-refractivity contribution in [1.82, 2.24) is 0 Å². The first-order chi connectivity index (χ1) is 8.41. The van der Waals surface area contributed by atoms with Gasteiger partial charge in [0.2, 0.25) is 5.79 Å². The van der Waals surface area contributed by atoms with E-state index >= 15 is 0 Å². The fraction of sp³-hybridized carbons (Fsp3) is 0.500. The fourth-order valence-corrected chi connectivity index (χ4v) is 3.53. The second-order valence-corrected chi connectivity index (χ2v) is 6.48. The fourth-order valence-electron chi connectivity index (χ4n) is 2.75. The van der Waals surface area contributed by atoms with E-state index in [-0.39, 0.29) is 11.6 Å². The molecule has 1 saturated heterocycles. The first kappa shape index (κ1) is 11.9. The van der Waals surface area contributed by atoms with Gasteiger partial charge in [-0.2, -0.15) is 0 Å². The van der Waals surface area contributed by atoms with E-state index < -0.39 is 5.79 Å². The van der Waals surface area contributed by atoms with Crippen molar-refractivity contribution in [2.75, 3.05) is 0 Å². The molecule has 0 bridgehead atoms. The van der Waals surface area contributed by atoms with Crippen LogP contribution in [0, 0.1) is 0 Å². The summed E-state index contributed by atoms with van der Waals surface area (Å²) in [5.74, 6) is -1.13. The molecule has 4 heteroatoms. The molecular weight excluding hydrogens is 248 g/mol. The molecule has 1 aromatic heterocycles. The molecule has 0 radical (unpaired) electrons. The Labute approximate surface area is 110 Å². The van der Waals surface area contributed by atoms with Crippen molar-refractivity contribution in [3.63, 3.8) is 0 Å². The normalized spacial score (nSPS) is 30.3. The van der Waals surface area contributed by atoms with E-state index in [0.717, 1.165) is 23.3 Å². The second-order valence-electron chi connectivity index (χ2n) is 5.53. The van der Waals surface area contributed by atoms with E-state index in [1.807, 2.05) is 38.3 Å². The average molecular weight is 264 g/mol. The van der Waals surface area contributed by atoms with Gasteiger partial charge in [-0.05, 0) is 38.1 Å². The summed E-state index contributed by atoms with van der Waals surface area (Å²) in [7, 11) is 0. The number of carbonyl (C=O) groups excluding carboxylic acids is 1. The van der Waals surface area contributed by atoms with Crippen LogP contribution in [0.2, 0.25) is 0 Å². The maximum atomic E-state index is 12.1. The summed E-state index contributed by atoms with van der Waals surface area (Å²) in [6.45, 7) is 5.92. The third-order valence-corrected chi connectivity index (χ3v) is 4.44. The number of esters is 1. The number of carbonyl (C=O) groups is 1. The molecular formula is C14H16O3S. The molecule has 0 spiro atoms. The van der Waals surface area contributed by atoms with Gasteiger partial charge >= 0.3 is 5.97 Å². The molecule has 3 nitrogen and oxygen atoms in total. The predicted molar refractivity (Wildman–Crippen MR) is 70.1 cm³/mol. The molecule has 0 saturated carbocycles. The molecule has 3 rings (SSSR count). The molecule has 96 valence electrons. The van der Waals surface area contributed by atoms with Crippen molar-refractivity contribution in [3.05, 3.63) is 28.0 Å². The van der Waals surface area contributed by atoms with Gasteiger partial charge in [-0.3, -0.25) is 0 Å². The number of ether oxygens (including phenoxy) is 2. The van der Waals surface area contributed by atoms with Crippen LogP contribution < -0.4 is 0 Å². The van der Waals surface area contributed by atoms with Crippen LogP contribution in [0.5, 0.6) is 0 Å². The molecule has 0 N–H and O–H groups in total. The van der Waals surface area contributed by atoms with Crippen LogP contribution in [0.15, 0.2) is 23.1 Å². The topological polar surface area (TPSA) is 35.5 Å². The van der Waals surface area contributed by atoms with Gasteiger partial charge in [-0.15, -0.1) is 11.3 Å². The van der Waals surface area contributed by atoms with Gasteiger partial charge in [0, 0.05) is 17.4 Å². The van der Waals surface area contributed by atoms with Crippen LogP contribution in [-0.2, 0) is 14.3 Å². The van der Waals surface area contributed by atoms with Gasteiger partial charge in [0.15, 0.2) is 0 Å². The second kappa shape index (κ2) is 3.68. The minimum Gasteiger partial charge on any atom is -0.426 e. The monoisotopic (exact) mass is 264 g/mol. The number of thiophene rings is 1. The highest BCUT2D eigenvalue weighted by atomic mass is 32.1. The summed E-state index contributed by atoms with van der Waals surface area (Å²) < 4.78 is 11.5. The smallest absolute Gasteiger partial charge is 0.342 e. The van der Waals surface area contributed by atoms with Gasteiger partial charge in [0.25, 0.3) is 0 Å². The maximum Gasteiger partial charge on any atom is 0.342 e. The van der Waals surface area contributed by atoms with E-state index in [0.29, 0.717) is 5.57 Å². The standard InChI is InChI=1S/C14H16O3S/c1-13(2)7-6-9-11(10-5-4-8-18-10)12(15)16-14(9,3)17-13/h4-5,8H,6-7H2,1-3H3/t14-/m1/s1. The zero-order valence-corrected chi connectivity index (χ0v) is 11.6. The van der Waals surface area contributed by atoms with Gasteiger partial charge in [-0.25, -0.2) is 4.79 Å². The van der Waals surface area contributed by atoms with E-state index in [1.165, 1.54) is 0 Å². The van der Waals surface area contributed by atoms with E-state index in [1.54, 1.807) is 11.3 Å². The Hall–Kier alpha value is -1.13. The van der Waals surface area contributed by atoms with Gasteiger partial charge < -0.3 is 9.47 Å². The first-order valence-electron chi connectivity index (χ1n) is 6.12. The lowest BCUT2D eigenvalue weighted by Gasteiger charge is -2.41. The van der Waals surface area contributed by atoms with E-state index in [9.17, 15) is 4.79 Å². The maximum absolute atomic E-state index is 12.1. The Morgan fingerprint density at radius 1 is 1.33 bits per heavy atom. The van der Waals surface area contributed by atoms with Crippen LogP contribution in [0.25, 0.3) is 5.57 Å². The first-order valence-corrected chi connectivity index (χ1v) is 7.00. The highest BCUT2D eigenvalue weighted by molar-refractivity contribution is 7.11. The molecule has 2 aliphatic heterocycles. The SMILES string of the molecule is CC1(C)CCC2=C(c3cccs3)C(=O)O[C@]2(C)O1. The highest BCUT2D eigenvalue weighted by Crippen LogP contribution is 2.48. The third kappa shape index (κ3) is 1.71. The van der Waals surface area contributed by atoms with Crippen molar-refractivity contribution >= 4 is 22.9 Å². The minimum absolute atomic E-state index is 0.247. The molecule has 3 heterocycles. The zero-order valence-electron chi connectivity index (χ0n) is 10.8.